The number of carbonyl (C=O) groups is 1. The zero-order valence-corrected chi connectivity index (χ0v) is 16.7. The molecule has 0 radical (unpaired) electrons. The summed E-state index contributed by atoms with van der Waals surface area (Å²) in [7, 11) is 0. The van der Waals surface area contributed by atoms with Gasteiger partial charge in [-0.1, -0.05) is 26.0 Å². The normalized spacial score (nSPS) is 43.6. The molecule has 1 unspecified atom stereocenters. The zero-order valence-electron chi connectivity index (χ0n) is 16.7. The molecule has 1 aromatic rings. The predicted molar refractivity (Wildman–Crippen MR) is 108 cm³/mol. The molecule has 5 rings (SSSR count). The Morgan fingerprint density at radius 1 is 1.15 bits per heavy atom. The van der Waals surface area contributed by atoms with Crippen molar-refractivity contribution in [3.63, 3.8) is 0 Å². The first kappa shape index (κ1) is 17.5. The van der Waals surface area contributed by atoms with Crippen molar-refractivity contribution in [3.05, 3.63) is 36.2 Å². The molecule has 1 amide bonds. The molecule has 1 aliphatic heterocycles. The predicted octanol–water partition coefficient (Wildman–Crippen LogP) is 4.84. The third-order valence-corrected chi connectivity index (χ3v) is 9.05. The minimum Gasteiger partial charge on any atom is -0.356 e. The van der Waals surface area contributed by atoms with Gasteiger partial charge in [0.15, 0.2) is 0 Å². The standard InChI is InChI=1S/C24H32N2O/c1-23-12-10-22(27)26-15-17(23)5-6-18-20-8-7-19(16-4-3-13-25-14-16)24(20,2)11-9-21(18)23/h3-4,7,13-14,17-18,20-21H,5-6,8-12,15H2,1-2H3,(H,26,27)/t17?,18-,20-,21-,23-,24+/m0/s1. The number of hydrogen-bond acceptors (Lipinski definition) is 2. The maximum atomic E-state index is 12.0. The monoisotopic (exact) mass is 364 g/mol. The van der Waals surface area contributed by atoms with Crippen molar-refractivity contribution in [2.75, 3.05) is 6.54 Å². The van der Waals surface area contributed by atoms with Gasteiger partial charge in [0.25, 0.3) is 0 Å². The van der Waals surface area contributed by atoms with Crippen LogP contribution in [0.3, 0.4) is 0 Å². The van der Waals surface area contributed by atoms with Crippen LogP contribution in [0.5, 0.6) is 0 Å². The molecule has 2 heterocycles. The lowest BCUT2D eigenvalue weighted by atomic mass is 9.46. The Balaban J connectivity index is 1.45. The number of carbonyl (C=O) groups excluding carboxylic acids is 1. The van der Waals surface area contributed by atoms with Crippen LogP contribution in [0, 0.1) is 34.5 Å². The van der Waals surface area contributed by atoms with Gasteiger partial charge in [0.2, 0.25) is 5.91 Å². The van der Waals surface area contributed by atoms with Gasteiger partial charge in [0.05, 0.1) is 0 Å². The van der Waals surface area contributed by atoms with E-state index in [1.54, 1.807) is 5.57 Å². The summed E-state index contributed by atoms with van der Waals surface area (Å²) in [5.41, 5.74) is 3.50. The van der Waals surface area contributed by atoms with Crippen molar-refractivity contribution in [2.24, 2.45) is 34.5 Å². The molecule has 3 heteroatoms. The molecule has 0 spiro atoms. The van der Waals surface area contributed by atoms with Crippen molar-refractivity contribution in [3.8, 4) is 0 Å². The molecule has 1 saturated heterocycles. The Kier molecular flexibility index (Phi) is 4.00. The Hall–Kier alpha value is -1.64. The van der Waals surface area contributed by atoms with E-state index in [9.17, 15) is 4.79 Å². The quantitative estimate of drug-likeness (QED) is 0.774. The molecule has 4 aliphatic rings. The number of allylic oxidation sites excluding steroid dienone is 2. The molecule has 1 aromatic heterocycles. The summed E-state index contributed by atoms with van der Waals surface area (Å²) in [4.78, 5) is 16.4. The number of fused-ring (bicyclic) bond motifs is 5. The number of pyridine rings is 1. The van der Waals surface area contributed by atoms with Crippen molar-refractivity contribution in [2.45, 2.75) is 58.8 Å². The molecule has 27 heavy (non-hydrogen) atoms. The molecule has 0 bridgehead atoms. The SMILES string of the molecule is C[C@]12CCC(=O)NCC1CC[C@@H]1[C@@H]2CC[C@]2(C)C(c3cccnc3)=CC[C@@H]12. The van der Waals surface area contributed by atoms with Crippen LogP contribution in [0.25, 0.3) is 5.57 Å². The highest BCUT2D eigenvalue weighted by Crippen LogP contribution is 2.66. The summed E-state index contributed by atoms with van der Waals surface area (Å²) >= 11 is 0. The van der Waals surface area contributed by atoms with Crippen molar-refractivity contribution >= 4 is 11.5 Å². The highest BCUT2D eigenvalue weighted by Gasteiger charge is 2.58. The average Bonchev–Trinajstić information content (AvgIpc) is 2.95. The molecule has 2 saturated carbocycles. The number of amides is 1. The molecule has 3 aliphatic carbocycles. The number of rotatable bonds is 1. The number of nitrogens with one attached hydrogen (secondary N) is 1. The van der Waals surface area contributed by atoms with Crippen molar-refractivity contribution < 1.29 is 4.79 Å². The molecule has 144 valence electrons. The van der Waals surface area contributed by atoms with E-state index in [1.165, 1.54) is 37.7 Å². The van der Waals surface area contributed by atoms with E-state index >= 15 is 0 Å². The Bertz CT molecular complexity index is 772. The minimum absolute atomic E-state index is 0.268. The first-order valence-electron chi connectivity index (χ1n) is 10.9. The molecular weight excluding hydrogens is 332 g/mol. The lowest BCUT2D eigenvalue weighted by Gasteiger charge is -2.58. The van der Waals surface area contributed by atoms with Gasteiger partial charge >= 0.3 is 0 Å². The zero-order chi connectivity index (χ0) is 18.6. The maximum absolute atomic E-state index is 12.0. The number of aromatic nitrogens is 1. The first-order chi connectivity index (χ1) is 13.0. The van der Waals surface area contributed by atoms with Crippen LogP contribution >= 0.6 is 0 Å². The van der Waals surface area contributed by atoms with E-state index in [0.717, 1.165) is 37.1 Å². The van der Waals surface area contributed by atoms with Gasteiger partial charge in [-0.15, -0.1) is 0 Å². The molecule has 3 fully saturated rings. The summed E-state index contributed by atoms with van der Waals surface area (Å²) < 4.78 is 0. The van der Waals surface area contributed by atoms with Gasteiger partial charge in [0, 0.05) is 25.4 Å². The summed E-state index contributed by atoms with van der Waals surface area (Å²) in [6.45, 7) is 5.94. The van der Waals surface area contributed by atoms with E-state index in [-0.39, 0.29) is 5.91 Å². The van der Waals surface area contributed by atoms with Gasteiger partial charge in [-0.3, -0.25) is 9.78 Å². The molecular formula is C24H32N2O. The highest BCUT2D eigenvalue weighted by molar-refractivity contribution is 5.76. The van der Waals surface area contributed by atoms with Gasteiger partial charge in [-0.05, 0) is 90.2 Å². The van der Waals surface area contributed by atoms with Crippen LogP contribution in [0.15, 0.2) is 30.6 Å². The number of nitrogens with zero attached hydrogens (tertiary/aromatic N) is 1. The van der Waals surface area contributed by atoms with Crippen LogP contribution < -0.4 is 5.32 Å². The average molecular weight is 365 g/mol. The third-order valence-electron chi connectivity index (χ3n) is 9.05. The fourth-order valence-corrected chi connectivity index (χ4v) is 7.50. The Morgan fingerprint density at radius 3 is 2.85 bits per heavy atom. The first-order valence-corrected chi connectivity index (χ1v) is 10.9. The van der Waals surface area contributed by atoms with E-state index < -0.39 is 0 Å². The van der Waals surface area contributed by atoms with E-state index in [0.29, 0.717) is 16.7 Å². The summed E-state index contributed by atoms with van der Waals surface area (Å²) in [6, 6.07) is 4.31. The van der Waals surface area contributed by atoms with Crippen LogP contribution in [0.1, 0.15) is 64.4 Å². The van der Waals surface area contributed by atoms with E-state index in [4.69, 9.17) is 0 Å². The molecule has 0 aromatic carbocycles. The summed E-state index contributed by atoms with van der Waals surface area (Å²) in [5.74, 6) is 3.29. The topological polar surface area (TPSA) is 42.0 Å². The lowest BCUT2D eigenvalue weighted by molar-refractivity contribution is -0.121. The Morgan fingerprint density at radius 2 is 2.04 bits per heavy atom. The third kappa shape index (κ3) is 2.53. The summed E-state index contributed by atoms with van der Waals surface area (Å²) in [6.07, 6.45) is 14.7. The second kappa shape index (κ2) is 6.18. The van der Waals surface area contributed by atoms with Crippen molar-refractivity contribution in [1.29, 1.82) is 0 Å². The minimum atomic E-state index is 0.268. The fourth-order valence-electron chi connectivity index (χ4n) is 7.50. The lowest BCUT2D eigenvalue weighted by Crippen LogP contribution is -2.52. The van der Waals surface area contributed by atoms with Gasteiger partial charge in [-0.2, -0.15) is 0 Å². The largest absolute Gasteiger partial charge is 0.356 e. The smallest absolute Gasteiger partial charge is 0.220 e. The van der Waals surface area contributed by atoms with E-state index in [1.807, 2.05) is 12.4 Å². The van der Waals surface area contributed by atoms with Gasteiger partial charge in [-0.25, -0.2) is 0 Å². The second-order valence-corrected chi connectivity index (χ2v) is 10.0. The second-order valence-electron chi connectivity index (χ2n) is 10.0. The van der Waals surface area contributed by atoms with Crippen molar-refractivity contribution in [1.82, 2.24) is 10.3 Å². The maximum Gasteiger partial charge on any atom is 0.220 e. The molecule has 3 nitrogen and oxygen atoms in total. The highest BCUT2D eigenvalue weighted by atomic mass is 16.1. The van der Waals surface area contributed by atoms with Crippen LogP contribution in [-0.4, -0.2) is 17.4 Å². The summed E-state index contributed by atoms with van der Waals surface area (Å²) in [5, 5.41) is 3.19. The van der Waals surface area contributed by atoms with Crippen LogP contribution in [-0.2, 0) is 4.79 Å². The molecule has 1 N–H and O–H groups in total. The fraction of sp³-hybridized carbons (Fsp3) is 0.667. The van der Waals surface area contributed by atoms with Gasteiger partial charge < -0.3 is 5.32 Å². The number of hydrogen-bond donors (Lipinski definition) is 1. The molecule has 6 atom stereocenters. The van der Waals surface area contributed by atoms with Crippen LogP contribution in [0.2, 0.25) is 0 Å². The Labute approximate surface area is 163 Å². The van der Waals surface area contributed by atoms with Crippen LogP contribution in [0.4, 0.5) is 0 Å². The van der Waals surface area contributed by atoms with E-state index in [2.05, 4.69) is 42.4 Å². The van der Waals surface area contributed by atoms with Gasteiger partial charge in [0.1, 0.15) is 0 Å².